The van der Waals surface area contributed by atoms with E-state index in [2.05, 4.69) is 29.2 Å². The van der Waals surface area contributed by atoms with E-state index in [0.29, 0.717) is 52.7 Å². The van der Waals surface area contributed by atoms with Crippen LogP contribution in [0.3, 0.4) is 0 Å². The minimum atomic E-state index is -0.602. The van der Waals surface area contributed by atoms with Crippen LogP contribution in [0.1, 0.15) is 28.8 Å². The third-order valence-corrected chi connectivity index (χ3v) is 6.87. The first-order valence-corrected chi connectivity index (χ1v) is 12.4. The summed E-state index contributed by atoms with van der Waals surface area (Å²) in [4.78, 5) is 19.2. The largest absolute Gasteiger partial charge is 0.493 e. The van der Waals surface area contributed by atoms with Gasteiger partial charge in [-0.3, -0.25) is 9.78 Å². The zero-order chi connectivity index (χ0) is 25.8. The predicted molar refractivity (Wildman–Crippen MR) is 140 cm³/mol. The van der Waals surface area contributed by atoms with Crippen LogP contribution in [0.25, 0.3) is 10.9 Å². The highest BCUT2D eigenvalue weighted by molar-refractivity contribution is 5.94. The number of hydrogen-bond donors (Lipinski definition) is 0. The lowest BCUT2D eigenvalue weighted by molar-refractivity contribution is 0.0690. The predicted octanol–water partition coefficient (Wildman–Crippen LogP) is 6.28. The van der Waals surface area contributed by atoms with Gasteiger partial charge in [-0.15, -0.1) is 0 Å². The Morgan fingerprint density at radius 2 is 1.65 bits per heavy atom. The summed E-state index contributed by atoms with van der Waals surface area (Å²) in [6.07, 6.45) is 4.48. The van der Waals surface area contributed by atoms with Gasteiger partial charge in [0.2, 0.25) is 0 Å². The molecule has 3 aromatic carbocycles. The topological polar surface area (TPSA) is 60.9 Å². The summed E-state index contributed by atoms with van der Waals surface area (Å²) in [5.74, 6) is 1.29. The molecule has 2 heterocycles. The maximum absolute atomic E-state index is 15.1. The Hall–Kier alpha value is -4.13. The fourth-order valence-electron chi connectivity index (χ4n) is 4.84. The Labute approximate surface area is 215 Å². The molecule has 37 heavy (non-hydrogen) atoms. The first-order chi connectivity index (χ1) is 18.1. The van der Waals surface area contributed by atoms with E-state index in [9.17, 15) is 4.79 Å². The van der Waals surface area contributed by atoms with Crippen molar-refractivity contribution in [1.29, 1.82) is 0 Å². The van der Waals surface area contributed by atoms with Gasteiger partial charge in [0.05, 0.1) is 19.7 Å². The SMILES string of the molecule is COc1cc2nccc(Oc3ccc(C(=O)N4CCC(Cc5ccccc5)CC4)cc3F)c2cc1OC. The van der Waals surface area contributed by atoms with E-state index in [1.54, 1.807) is 44.7 Å². The van der Waals surface area contributed by atoms with Gasteiger partial charge < -0.3 is 19.1 Å². The highest BCUT2D eigenvalue weighted by Crippen LogP contribution is 2.37. The van der Waals surface area contributed by atoms with Crippen molar-refractivity contribution in [3.8, 4) is 23.0 Å². The highest BCUT2D eigenvalue weighted by atomic mass is 19.1. The number of carbonyl (C=O) groups is 1. The van der Waals surface area contributed by atoms with Gasteiger partial charge in [-0.2, -0.15) is 0 Å². The lowest BCUT2D eigenvalue weighted by atomic mass is 9.90. The van der Waals surface area contributed by atoms with Crippen LogP contribution in [0.4, 0.5) is 4.39 Å². The number of carbonyl (C=O) groups excluding carboxylic acids is 1. The van der Waals surface area contributed by atoms with Crippen LogP contribution in [-0.2, 0) is 6.42 Å². The monoisotopic (exact) mass is 500 g/mol. The van der Waals surface area contributed by atoms with Gasteiger partial charge in [-0.05, 0) is 61.1 Å². The van der Waals surface area contributed by atoms with Gasteiger partial charge in [0.15, 0.2) is 23.1 Å². The fraction of sp³-hybridized carbons (Fsp3) is 0.267. The quantitative estimate of drug-likeness (QED) is 0.299. The zero-order valence-electron chi connectivity index (χ0n) is 20.9. The second kappa shape index (κ2) is 10.9. The van der Waals surface area contributed by atoms with E-state index in [0.717, 1.165) is 19.3 Å². The number of fused-ring (bicyclic) bond motifs is 1. The third kappa shape index (κ3) is 5.35. The number of benzene rings is 3. The summed E-state index contributed by atoms with van der Waals surface area (Å²) >= 11 is 0. The molecule has 5 rings (SSSR count). The molecule has 1 amide bonds. The Bertz CT molecular complexity index is 1400. The number of likely N-dealkylation sites (tertiary alicyclic amines) is 1. The van der Waals surface area contributed by atoms with Crippen LogP contribution >= 0.6 is 0 Å². The second-order valence-electron chi connectivity index (χ2n) is 9.21. The Balaban J connectivity index is 1.27. The van der Waals surface area contributed by atoms with Gasteiger partial charge in [-0.1, -0.05) is 30.3 Å². The number of halogens is 1. The minimum Gasteiger partial charge on any atom is -0.493 e. The molecule has 4 aromatic rings. The number of methoxy groups -OCH3 is 2. The molecule has 0 radical (unpaired) electrons. The average molecular weight is 501 g/mol. The maximum atomic E-state index is 15.1. The number of aromatic nitrogens is 1. The van der Waals surface area contributed by atoms with E-state index in [1.165, 1.54) is 17.7 Å². The lowest BCUT2D eigenvalue weighted by Gasteiger charge is -2.32. The molecule has 1 saturated heterocycles. The van der Waals surface area contributed by atoms with Crippen molar-refractivity contribution < 1.29 is 23.4 Å². The number of ether oxygens (including phenoxy) is 3. The molecule has 0 aliphatic carbocycles. The summed E-state index contributed by atoms with van der Waals surface area (Å²) in [7, 11) is 3.09. The normalized spacial score (nSPS) is 14.0. The van der Waals surface area contributed by atoms with E-state index in [-0.39, 0.29) is 11.7 Å². The lowest BCUT2D eigenvalue weighted by Crippen LogP contribution is -2.38. The summed E-state index contributed by atoms with van der Waals surface area (Å²) in [5, 5.41) is 0.651. The molecule has 190 valence electrons. The van der Waals surface area contributed by atoms with Crippen LogP contribution in [0, 0.1) is 11.7 Å². The average Bonchev–Trinajstić information content (AvgIpc) is 2.94. The smallest absolute Gasteiger partial charge is 0.253 e. The maximum Gasteiger partial charge on any atom is 0.253 e. The fourth-order valence-corrected chi connectivity index (χ4v) is 4.84. The van der Waals surface area contributed by atoms with Crippen LogP contribution in [0.15, 0.2) is 72.9 Å². The molecule has 7 heteroatoms. The van der Waals surface area contributed by atoms with Crippen LogP contribution < -0.4 is 14.2 Å². The second-order valence-corrected chi connectivity index (χ2v) is 9.21. The molecular formula is C30H29FN2O4. The molecule has 6 nitrogen and oxygen atoms in total. The third-order valence-electron chi connectivity index (χ3n) is 6.87. The van der Waals surface area contributed by atoms with Crippen molar-refractivity contribution >= 4 is 16.8 Å². The molecule has 0 spiro atoms. The zero-order valence-corrected chi connectivity index (χ0v) is 20.9. The van der Waals surface area contributed by atoms with Crippen LogP contribution in [-0.4, -0.2) is 43.1 Å². The standard InChI is InChI=1S/C30H29FN2O4/c1-35-28-18-23-25(19-29(28)36-2)32-13-10-26(23)37-27-9-8-22(17-24(27)31)30(34)33-14-11-21(12-15-33)16-20-6-4-3-5-7-20/h3-10,13,17-19,21H,11-12,14-16H2,1-2H3. The molecule has 1 aliphatic rings. The number of nitrogens with zero attached hydrogens (tertiary/aromatic N) is 2. The minimum absolute atomic E-state index is 0.0282. The number of piperidine rings is 1. The molecule has 1 aliphatic heterocycles. The molecular weight excluding hydrogens is 471 g/mol. The Morgan fingerprint density at radius 1 is 0.919 bits per heavy atom. The first-order valence-electron chi connectivity index (χ1n) is 12.4. The highest BCUT2D eigenvalue weighted by Gasteiger charge is 2.24. The number of pyridine rings is 1. The molecule has 0 atom stereocenters. The molecule has 1 fully saturated rings. The molecule has 0 saturated carbocycles. The molecule has 0 N–H and O–H groups in total. The van der Waals surface area contributed by atoms with Crippen molar-refractivity contribution in [3.05, 3.63) is 89.9 Å². The van der Waals surface area contributed by atoms with Crippen LogP contribution in [0.5, 0.6) is 23.0 Å². The van der Waals surface area contributed by atoms with Crippen molar-refractivity contribution in [1.82, 2.24) is 9.88 Å². The number of rotatable bonds is 7. The summed E-state index contributed by atoms with van der Waals surface area (Å²) in [5.41, 5.74) is 2.26. The van der Waals surface area contributed by atoms with Gasteiger partial charge in [0.1, 0.15) is 5.75 Å². The van der Waals surface area contributed by atoms with Crippen molar-refractivity contribution in [2.45, 2.75) is 19.3 Å². The van der Waals surface area contributed by atoms with Gasteiger partial charge >= 0.3 is 0 Å². The van der Waals surface area contributed by atoms with Gasteiger partial charge in [0.25, 0.3) is 5.91 Å². The summed E-state index contributed by atoms with van der Waals surface area (Å²) in [6, 6.07) is 19.9. The van der Waals surface area contributed by atoms with E-state index < -0.39 is 5.82 Å². The number of hydrogen-bond acceptors (Lipinski definition) is 5. The van der Waals surface area contributed by atoms with Gasteiger partial charge in [-0.25, -0.2) is 4.39 Å². The van der Waals surface area contributed by atoms with Crippen molar-refractivity contribution in [3.63, 3.8) is 0 Å². The number of amides is 1. The first kappa shape index (κ1) is 24.6. The Morgan fingerprint density at radius 3 is 2.35 bits per heavy atom. The summed E-state index contributed by atoms with van der Waals surface area (Å²) in [6.45, 7) is 1.34. The molecule has 1 aromatic heterocycles. The van der Waals surface area contributed by atoms with Gasteiger partial charge in [0, 0.05) is 36.3 Å². The van der Waals surface area contributed by atoms with Crippen molar-refractivity contribution in [2.75, 3.05) is 27.3 Å². The molecule has 0 unspecified atom stereocenters. The van der Waals surface area contributed by atoms with Crippen LogP contribution in [0.2, 0.25) is 0 Å². The Kier molecular flexibility index (Phi) is 7.21. The summed E-state index contributed by atoms with van der Waals surface area (Å²) < 4.78 is 31.7. The van der Waals surface area contributed by atoms with E-state index in [4.69, 9.17) is 14.2 Å². The molecule has 0 bridgehead atoms. The van der Waals surface area contributed by atoms with E-state index in [1.807, 2.05) is 11.0 Å². The van der Waals surface area contributed by atoms with Crippen molar-refractivity contribution in [2.24, 2.45) is 5.92 Å². The van der Waals surface area contributed by atoms with E-state index >= 15 is 4.39 Å².